The first kappa shape index (κ1) is 16.6. The van der Waals surface area contributed by atoms with Crippen LogP contribution in [0.3, 0.4) is 0 Å². The van der Waals surface area contributed by atoms with E-state index in [0.29, 0.717) is 11.3 Å². The van der Waals surface area contributed by atoms with Gasteiger partial charge in [-0.3, -0.25) is 0 Å². The molecule has 3 heteroatoms. The van der Waals surface area contributed by atoms with E-state index in [1.807, 2.05) is 0 Å². The average molecular weight is 366 g/mol. The fraction of sp³-hybridized carbons (Fsp3) is 0.708. The minimum absolute atomic E-state index is 0.0444. The number of ether oxygens (including phenoxy) is 1. The minimum Gasteiger partial charge on any atom is -0.411 e. The Hall–Kier alpha value is -1.35. The van der Waals surface area contributed by atoms with Crippen LogP contribution >= 0.6 is 0 Å². The largest absolute Gasteiger partial charge is 0.411 e. The highest BCUT2D eigenvalue weighted by atomic mass is 16.5. The van der Waals surface area contributed by atoms with Gasteiger partial charge in [-0.1, -0.05) is 36.4 Å². The fourth-order valence-electron chi connectivity index (χ4n) is 8.71. The van der Waals surface area contributed by atoms with Crippen molar-refractivity contribution in [2.75, 3.05) is 6.61 Å². The van der Waals surface area contributed by atoms with Gasteiger partial charge in [-0.05, 0) is 92.1 Å². The van der Waals surface area contributed by atoms with E-state index in [1.165, 1.54) is 36.8 Å². The highest BCUT2D eigenvalue weighted by molar-refractivity contribution is 5.96. The van der Waals surface area contributed by atoms with E-state index in [2.05, 4.69) is 36.9 Å². The third-order valence-corrected chi connectivity index (χ3v) is 9.59. The minimum atomic E-state index is 0.0444. The van der Waals surface area contributed by atoms with Gasteiger partial charge in [-0.15, -0.1) is 0 Å². The van der Waals surface area contributed by atoms with Crippen molar-refractivity contribution in [1.29, 1.82) is 0 Å². The molecule has 0 aromatic rings. The molecule has 4 saturated carbocycles. The van der Waals surface area contributed by atoms with Crippen LogP contribution in [0, 0.1) is 40.9 Å². The number of hydrogen-bond donors (Lipinski definition) is 1. The van der Waals surface area contributed by atoms with E-state index in [1.54, 1.807) is 0 Å². The molecule has 0 saturated heterocycles. The summed E-state index contributed by atoms with van der Waals surface area (Å²) in [5.74, 6) is 4.63. The van der Waals surface area contributed by atoms with Gasteiger partial charge in [0.25, 0.3) is 0 Å². The molecule has 144 valence electrons. The van der Waals surface area contributed by atoms with Crippen LogP contribution in [0.5, 0.6) is 0 Å². The van der Waals surface area contributed by atoms with Crippen LogP contribution in [0.25, 0.3) is 0 Å². The molecule has 6 aliphatic rings. The topological polar surface area (TPSA) is 41.8 Å². The van der Waals surface area contributed by atoms with Gasteiger partial charge in [-0.25, -0.2) is 0 Å². The van der Waals surface area contributed by atoms with Crippen molar-refractivity contribution < 1.29 is 9.94 Å². The number of rotatable bonds is 1. The Balaban J connectivity index is 1.41. The maximum Gasteiger partial charge on any atom is 0.0957 e. The molecule has 0 bridgehead atoms. The smallest absolute Gasteiger partial charge is 0.0957 e. The van der Waals surface area contributed by atoms with E-state index in [4.69, 9.17) is 4.74 Å². The van der Waals surface area contributed by atoms with Gasteiger partial charge in [0.15, 0.2) is 0 Å². The predicted molar refractivity (Wildman–Crippen MR) is 106 cm³/mol. The van der Waals surface area contributed by atoms with E-state index >= 15 is 0 Å². The second kappa shape index (κ2) is 5.37. The molecule has 0 aromatic heterocycles. The summed E-state index contributed by atoms with van der Waals surface area (Å²) in [6, 6.07) is 0. The third-order valence-electron chi connectivity index (χ3n) is 9.59. The summed E-state index contributed by atoms with van der Waals surface area (Å²) in [7, 11) is 0. The van der Waals surface area contributed by atoms with Gasteiger partial charge < -0.3 is 9.94 Å². The number of allylic oxidation sites excluding steroid dienone is 3. The lowest BCUT2D eigenvalue weighted by Crippen LogP contribution is -2.56. The quantitative estimate of drug-likeness (QED) is 0.398. The number of hydrogen-bond acceptors (Lipinski definition) is 3. The summed E-state index contributed by atoms with van der Waals surface area (Å²) >= 11 is 0. The maximum atomic E-state index is 9.24. The van der Waals surface area contributed by atoms with Crippen molar-refractivity contribution in [2.45, 2.75) is 57.5 Å². The van der Waals surface area contributed by atoms with Crippen molar-refractivity contribution in [3.05, 3.63) is 36.0 Å². The Morgan fingerprint density at radius 3 is 2.93 bits per heavy atom. The number of fused-ring (bicyclic) bond motifs is 9. The summed E-state index contributed by atoms with van der Waals surface area (Å²) < 4.78 is 6.57. The van der Waals surface area contributed by atoms with E-state index in [0.717, 1.165) is 61.2 Å². The Bertz CT molecular complexity index is 794. The van der Waals surface area contributed by atoms with Gasteiger partial charge >= 0.3 is 0 Å². The molecular weight excluding hydrogens is 334 g/mol. The normalized spacial score (nSPS) is 53.7. The molecule has 0 radical (unpaired) electrons. The molecule has 1 aliphatic heterocycles. The number of oxime groups is 1. The van der Waals surface area contributed by atoms with E-state index < -0.39 is 0 Å². The summed E-state index contributed by atoms with van der Waals surface area (Å²) in [5, 5.41) is 12.7. The van der Waals surface area contributed by atoms with Crippen LogP contribution in [-0.4, -0.2) is 23.1 Å². The van der Waals surface area contributed by atoms with E-state index in [9.17, 15) is 5.21 Å². The molecule has 4 fully saturated rings. The predicted octanol–water partition coefficient (Wildman–Crippen LogP) is 5.13. The van der Waals surface area contributed by atoms with Gasteiger partial charge in [0.1, 0.15) is 0 Å². The zero-order valence-corrected chi connectivity index (χ0v) is 16.4. The lowest BCUT2D eigenvalue weighted by Gasteiger charge is -2.58. The Morgan fingerprint density at radius 2 is 2.19 bits per heavy atom. The molecule has 5 unspecified atom stereocenters. The van der Waals surface area contributed by atoms with Crippen LogP contribution in [-0.2, 0) is 4.74 Å². The monoisotopic (exact) mass is 365 g/mol. The van der Waals surface area contributed by atoms with Crippen LogP contribution in [0.2, 0.25) is 0 Å². The summed E-state index contributed by atoms with van der Waals surface area (Å²) in [5.41, 5.74) is 3.95. The molecule has 1 N–H and O–H groups in total. The molecule has 1 heterocycles. The standard InChI is InChI=1S/C24H31NO2/c1-3-23-9-7-17-16-6-5-15(25-26)12-18(16)14(2)11-19(17)22(23)20-13-21(20)24(23)8-4-10-27-24/h4,8,12,16-17,19-22,26H,2-3,5-7,9-11,13H2,1H3/t16-,17?,19?,20?,21?,22?,23+,24+/m1/s1. The number of nitrogens with zero attached hydrogens (tertiary/aromatic N) is 1. The third kappa shape index (κ3) is 1.85. The van der Waals surface area contributed by atoms with Crippen LogP contribution in [0.1, 0.15) is 51.9 Å². The second-order valence-corrected chi connectivity index (χ2v) is 10.1. The van der Waals surface area contributed by atoms with Crippen molar-refractivity contribution in [3.63, 3.8) is 0 Å². The highest BCUT2D eigenvalue weighted by Gasteiger charge is 2.77. The molecule has 0 amide bonds. The summed E-state index contributed by atoms with van der Waals surface area (Å²) in [4.78, 5) is 0. The summed E-state index contributed by atoms with van der Waals surface area (Å²) in [6.07, 6.45) is 15.4. The Labute approximate surface area is 162 Å². The molecule has 6 rings (SSSR count). The Morgan fingerprint density at radius 1 is 1.30 bits per heavy atom. The highest BCUT2D eigenvalue weighted by Crippen LogP contribution is 2.78. The van der Waals surface area contributed by atoms with Gasteiger partial charge in [0.2, 0.25) is 0 Å². The molecule has 27 heavy (non-hydrogen) atoms. The van der Waals surface area contributed by atoms with Gasteiger partial charge in [-0.2, -0.15) is 0 Å². The average Bonchev–Trinajstić information content (AvgIpc) is 3.26. The van der Waals surface area contributed by atoms with Gasteiger partial charge in [0, 0.05) is 5.41 Å². The molecule has 5 aliphatic carbocycles. The fourth-order valence-corrected chi connectivity index (χ4v) is 8.71. The van der Waals surface area contributed by atoms with E-state index in [-0.39, 0.29) is 5.60 Å². The maximum absolute atomic E-state index is 9.24. The van der Waals surface area contributed by atoms with Crippen LogP contribution in [0.15, 0.2) is 41.1 Å². The first-order valence-corrected chi connectivity index (χ1v) is 11.1. The first-order chi connectivity index (χ1) is 13.1. The van der Waals surface area contributed by atoms with Crippen molar-refractivity contribution in [3.8, 4) is 0 Å². The van der Waals surface area contributed by atoms with Crippen molar-refractivity contribution in [1.82, 2.24) is 0 Å². The van der Waals surface area contributed by atoms with Crippen molar-refractivity contribution >= 4 is 5.71 Å². The lowest BCUT2D eigenvalue weighted by molar-refractivity contribution is -0.140. The molecular formula is C24H31NO2. The van der Waals surface area contributed by atoms with Gasteiger partial charge in [0.05, 0.1) is 17.9 Å². The van der Waals surface area contributed by atoms with Crippen LogP contribution < -0.4 is 0 Å². The molecule has 0 aromatic carbocycles. The zero-order chi connectivity index (χ0) is 18.4. The van der Waals surface area contributed by atoms with Crippen molar-refractivity contribution in [2.24, 2.45) is 46.1 Å². The lowest BCUT2D eigenvalue weighted by atomic mass is 9.47. The van der Waals surface area contributed by atoms with Crippen LogP contribution in [0.4, 0.5) is 0 Å². The zero-order valence-electron chi connectivity index (χ0n) is 16.4. The second-order valence-electron chi connectivity index (χ2n) is 10.1. The molecule has 1 spiro atoms. The summed E-state index contributed by atoms with van der Waals surface area (Å²) in [6.45, 7) is 7.73. The SMILES string of the molecule is C=C1CC2C(CC[C@@]3(CC)C2C2CC2[C@@]32C=CCO2)[C@H]2CCC(=NO)C=C12. The Kier molecular flexibility index (Phi) is 3.30. The molecule has 8 atom stereocenters. The first-order valence-electron chi connectivity index (χ1n) is 11.1. The molecule has 3 nitrogen and oxygen atoms in total.